The van der Waals surface area contributed by atoms with Crippen LogP contribution in [0.5, 0.6) is 0 Å². The van der Waals surface area contributed by atoms with Gasteiger partial charge in [0, 0.05) is 5.69 Å². The van der Waals surface area contributed by atoms with Crippen LogP contribution in [0.25, 0.3) is 0 Å². The zero-order valence-corrected chi connectivity index (χ0v) is 9.93. The van der Waals surface area contributed by atoms with Crippen molar-refractivity contribution in [3.8, 4) is 0 Å². The van der Waals surface area contributed by atoms with Crippen molar-refractivity contribution in [3.05, 3.63) is 29.6 Å². The first-order chi connectivity index (χ1) is 7.26. The van der Waals surface area contributed by atoms with Crippen molar-refractivity contribution in [2.75, 3.05) is 5.32 Å². The maximum absolute atomic E-state index is 13.0. The summed E-state index contributed by atoms with van der Waals surface area (Å²) in [7, 11) is 0. The lowest BCUT2D eigenvalue weighted by atomic mass is 10.2. The summed E-state index contributed by atoms with van der Waals surface area (Å²) in [4.78, 5) is 11.4. The Labute approximate surface area is 94.6 Å². The van der Waals surface area contributed by atoms with Crippen molar-refractivity contribution < 1.29 is 13.9 Å². The number of ether oxygens (including phenoxy) is 1. The highest BCUT2D eigenvalue weighted by atomic mass is 19.1. The zero-order chi connectivity index (χ0) is 12.3. The fraction of sp³-hybridized carbons (Fsp3) is 0.417. The largest absolute Gasteiger partial charge is 0.444 e. The Morgan fingerprint density at radius 3 is 2.44 bits per heavy atom. The number of hydrogen-bond donors (Lipinski definition) is 1. The minimum atomic E-state index is -0.586. The second-order valence-corrected chi connectivity index (χ2v) is 4.64. The topological polar surface area (TPSA) is 38.3 Å². The molecular weight excluding hydrogens is 209 g/mol. The number of rotatable bonds is 1. The van der Waals surface area contributed by atoms with Gasteiger partial charge >= 0.3 is 6.09 Å². The van der Waals surface area contributed by atoms with E-state index in [0.29, 0.717) is 5.69 Å². The van der Waals surface area contributed by atoms with Gasteiger partial charge < -0.3 is 4.74 Å². The van der Waals surface area contributed by atoms with Gasteiger partial charge in [-0.25, -0.2) is 9.18 Å². The molecule has 0 unspecified atom stereocenters. The molecule has 3 nitrogen and oxygen atoms in total. The molecule has 0 saturated carbocycles. The summed E-state index contributed by atoms with van der Waals surface area (Å²) < 4.78 is 18.1. The molecule has 0 bridgehead atoms. The van der Waals surface area contributed by atoms with E-state index in [1.165, 1.54) is 12.1 Å². The average Bonchev–Trinajstić information content (AvgIpc) is 1.96. The normalized spacial score (nSPS) is 11.1. The van der Waals surface area contributed by atoms with Gasteiger partial charge in [0.15, 0.2) is 0 Å². The number of amides is 1. The van der Waals surface area contributed by atoms with Crippen LogP contribution in [-0.4, -0.2) is 11.7 Å². The third-order valence-corrected chi connectivity index (χ3v) is 1.69. The van der Waals surface area contributed by atoms with Crippen molar-refractivity contribution >= 4 is 11.8 Å². The van der Waals surface area contributed by atoms with E-state index in [0.717, 1.165) is 5.56 Å². The number of carbonyl (C=O) groups is 1. The first-order valence-corrected chi connectivity index (χ1v) is 5.03. The molecule has 88 valence electrons. The highest BCUT2D eigenvalue weighted by molar-refractivity contribution is 5.84. The molecule has 0 saturated heterocycles. The molecule has 0 aliphatic heterocycles. The molecule has 1 N–H and O–H groups in total. The third-order valence-electron chi connectivity index (χ3n) is 1.69. The van der Waals surface area contributed by atoms with Crippen LogP contribution in [0.1, 0.15) is 26.3 Å². The van der Waals surface area contributed by atoms with Gasteiger partial charge in [-0.05, 0) is 51.5 Å². The number of anilines is 1. The van der Waals surface area contributed by atoms with Gasteiger partial charge in [-0.1, -0.05) is 0 Å². The van der Waals surface area contributed by atoms with Crippen LogP contribution in [0.4, 0.5) is 14.9 Å². The SMILES string of the molecule is Cc1cc(F)cc(NC(=O)OC(C)(C)C)c1. The van der Waals surface area contributed by atoms with Gasteiger partial charge in [0.25, 0.3) is 0 Å². The Balaban J connectivity index is 2.70. The monoisotopic (exact) mass is 225 g/mol. The first kappa shape index (κ1) is 12.5. The van der Waals surface area contributed by atoms with E-state index >= 15 is 0 Å². The van der Waals surface area contributed by atoms with E-state index < -0.39 is 11.7 Å². The Morgan fingerprint density at radius 2 is 1.94 bits per heavy atom. The third kappa shape index (κ3) is 4.29. The molecule has 0 spiro atoms. The fourth-order valence-corrected chi connectivity index (χ4v) is 1.23. The van der Waals surface area contributed by atoms with Crippen LogP contribution >= 0.6 is 0 Å². The molecule has 0 aliphatic carbocycles. The summed E-state index contributed by atoms with van der Waals surface area (Å²) in [6.07, 6.45) is -0.586. The highest BCUT2D eigenvalue weighted by Crippen LogP contribution is 2.15. The number of halogens is 1. The molecule has 1 aromatic rings. The van der Waals surface area contributed by atoms with Gasteiger partial charge in [0.05, 0.1) is 0 Å². The Kier molecular flexibility index (Phi) is 3.52. The van der Waals surface area contributed by atoms with E-state index in [4.69, 9.17) is 4.74 Å². The van der Waals surface area contributed by atoms with Crippen LogP contribution in [0, 0.1) is 12.7 Å². The number of carbonyl (C=O) groups excluding carboxylic acids is 1. The summed E-state index contributed by atoms with van der Waals surface area (Å²) in [5, 5.41) is 2.48. The number of benzene rings is 1. The van der Waals surface area contributed by atoms with Crippen LogP contribution in [0.15, 0.2) is 18.2 Å². The smallest absolute Gasteiger partial charge is 0.412 e. The summed E-state index contributed by atoms with van der Waals surface area (Å²) in [6.45, 7) is 7.06. The summed E-state index contributed by atoms with van der Waals surface area (Å²) >= 11 is 0. The van der Waals surface area contributed by atoms with Gasteiger partial charge in [0.2, 0.25) is 0 Å². The number of nitrogens with one attached hydrogen (secondary N) is 1. The zero-order valence-electron chi connectivity index (χ0n) is 9.93. The fourth-order valence-electron chi connectivity index (χ4n) is 1.23. The van der Waals surface area contributed by atoms with Crippen LogP contribution in [0.2, 0.25) is 0 Å². The molecule has 16 heavy (non-hydrogen) atoms. The summed E-state index contributed by atoms with van der Waals surface area (Å²) in [6, 6.07) is 4.31. The molecule has 0 heterocycles. The van der Waals surface area contributed by atoms with Gasteiger partial charge in [-0.3, -0.25) is 5.32 Å². The predicted octanol–water partition coefficient (Wildman–Crippen LogP) is 3.48. The Morgan fingerprint density at radius 1 is 1.31 bits per heavy atom. The summed E-state index contributed by atoms with van der Waals surface area (Å²) in [5.74, 6) is -0.383. The van der Waals surface area contributed by atoms with E-state index in [1.807, 2.05) is 0 Å². The molecular formula is C12H16FNO2. The molecule has 0 radical (unpaired) electrons. The van der Waals surface area contributed by atoms with Crippen LogP contribution in [-0.2, 0) is 4.74 Å². The Bertz CT molecular complexity index is 376. The lowest BCUT2D eigenvalue weighted by Gasteiger charge is -2.19. The lowest BCUT2D eigenvalue weighted by Crippen LogP contribution is -2.27. The molecule has 0 aliphatic rings. The molecule has 0 aromatic heterocycles. The number of hydrogen-bond acceptors (Lipinski definition) is 2. The molecule has 1 aromatic carbocycles. The van der Waals surface area contributed by atoms with E-state index in [-0.39, 0.29) is 5.82 Å². The first-order valence-electron chi connectivity index (χ1n) is 5.03. The molecule has 1 amide bonds. The highest BCUT2D eigenvalue weighted by Gasteiger charge is 2.16. The standard InChI is InChI=1S/C12H16FNO2/c1-8-5-9(13)7-10(6-8)14-11(15)16-12(2,3)4/h5-7H,1-4H3,(H,14,15). The van der Waals surface area contributed by atoms with Crippen molar-refractivity contribution in [2.45, 2.75) is 33.3 Å². The maximum Gasteiger partial charge on any atom is 0.412 e. The predicted molar refractivity (Wildman–Crippen MR) is 61.0 cm³/mol. The molecule has 0 atom stereocenters. The number of aryl methyl sites for hydroxylation is 1. The second-order valence-electron chi connectivity index (χ2n) is 4.64. The van der Waals surface area contributed by atoms with Gasteiger partial charge in [-0.15, -0.1) is 0 Å². The van der Waals surface area contributed by atoms with Gasteiger partial charge in [-0.2, -0.15) is 0 Å². The Hall–Kier alpha value is -1.58. The van der Waals surface area contributed by atoms with Gasteiger partial charge in [0.1, 0.15) is 11.4 Å². The maximum atomic E-state index is 13.0. The lowest BCUT2D eigenvalue weighted by molar-refractivity contribution is 0.0636. The molecule has 1 rings (SSSR count). The van der Waals surface area contributed by atoms with Crippen molar-refractivity contribution in [1.82, 2.24) is 0 Å². The van der Waals surface area contributed by atoms with Crippen molar-refractivity contribution in [2.24, 2.45) is 0 Å². The summed E-state index contributed by atoms with van der Waals surface area (Å²) in [5.41, 5.74) is 0.574. The molecule has 0 fully saturated rings. The van der Waals surface area contributed by atoms with Crippen molar-refractivity contribution in [1.29, 1.82) is 0 Å². The van der Waals surface area contributed by atoms with E-state index in [2.05, 4.69) is 5.32 Å². The minimum Gasteiger partial charge on any atom is -0.444 e. The second kappa shape index (κ2) is 4.51. The van der Waals surface area contributed by atoms with Crippen molar-refractivity contribution in [3.63, 3.8) is 0 Å². The van der Waals surface area contributed by atoms with E-state index in [9.17, 15) is 9.18 Å². The van der Waals surface area contributed by atoms with Crippen LogP contribution < -0.4 is 5.32 Å². The average molecular weight is 225 g/mol. The minimum absolute atomic E-state index is 0.383. The molecule has 4 heteroatoms. The van der Waals surface area contributed by atoms with Crippen LogP contribution in [0.3, 0.4) is 0 Å². The van der Waals surface area contributed by atoms with E-state index in [1.54, 1.807) is 33.8 Å². The quantitative estimate of drug-likeness (QED) is 0.794.